The lowest BCUT2D eigenvalue weighted by Crippen LogP contribution is -2.18. The van der Waals surface area contributed by atoms with Crippen molar-refractivity contribution in [2.75, 3.05) is 11.4 Å². The molecule has 1 aromatic carbocycles. The number of nitrogens with zero attached hydrogens (tertiary/aromatic N) is 1. The molecule has 0 aliphatic carbocycles. The number of hydrogen-bond acceptors (Lipinski definition) is 1. The second kappa shape index (κ2) is 3.21. The number of benzene rings is 1. The Balaban J connectivity index is 2.52. The maximum absolute atomic E-state index is 10.8. The van der Waals surface area contributed by atoms with Crippen LogP contribution in [0.5, 0.6) is 0 Å². The van der Waals surface area contributed by atoms with Crippen molar-refractivity contribution in [2.24, 2.45) is 0 Å². The molecule has 1 amide bonds. The number of aryl methyl sites for hydroxylation is 1. The lowest BCUT2D eigenvalue weighted by atomic mass is 10.1. The third-order valence-corrected chi connectivity index (χ3v) is 2.62. The molecule has 0 fully saturated rings. The summed E-state index contributed by atoms with van der Waals surface area (Å²) in [6.07, 6.45) is 2.93. The number of fused-ring (bicyclic) bond motifs is 1. The summed E-state index contributed by atoms with van der Waals surface area (Å²) in [6, 6.07) is 6.28. The van der Waals surface area contributed by atoms with Gasteiger partial charge >= 0.3 is 0 Å². The first-order valence-corrected chi connectivity index (χ1v) is 4.69. The number of anilines is 1. The van der Waals surface area contributed by atoms with Crippen molar-refractivity contribution in [3.63, 3.8) is 0 Å². The Hall–Kier alpha value is -1.31. The van der Waals surface area contributed by atoms with Crippen LogP contribution in [0.1, 0.15) is 18.1 Å². The molecule has 0 saturated heterocycles. The first kappa shape index (κ1) is 8.30. The quantitative estimate of drug-likeness (QED) is 0.627. The van der Waals surface area contributed by atoms with Gasteiger partial charge in [-0.05, 0) is 24.0 Å². The van der Waals surface area contributed by atoms with Gasteiger partial charge in [-0.1, -0.05) is 25.1 Å². The molecule has 1 aromatic rings. The van der Waals surface area contributed by atoms with E-state index in [2.05, 4.69) is 25.1 Å². The van der Waals surface area contributed by atoms with E-state index in [1.54, 1.807) is 0 Å². The smallest absolute Gasteiger partial charge is 0.214 e. The number of carbonyl (C=O) groups excluding carboxylic acids is 1. The summed E-state index contributed by atoms with van der Waals surface area (Å²) in [7, 11) is 0. The molecule has 1 aliphatic rings. The highest BCUT2D eigenvalue weighted by Gasteiger charge is 2.20. The van der Waals surface area contributed by atoms with Gasteiger partial charge < -0.3 is 4.90 Å². The van der Waals surface area contributed by atoms with E-state index in [0.29, 0.717) is 0 Å². The fraction of sp³-hybridized carbons (Fsp3) is 0.364. The maximum atomic E-state index is 10.8. The second-order valence-electron chi connectivity index (χ2n) is 3.33. The molecule has 0 aromatic heterocycles. The highest BCUT2D eigenvalue weighted by molar-refractivity contribution is 5.81. The van der Waals surface area contributed by atoms with Crippen molar-refractivity contribution >= 4 is 12.1 Å². The van der Waals surface area contributed by atoms with E-state index < -0.39 is 0 Å². The maximum Gasteiger partial charge on any atom is 0.214 e. The molecule has 0 bridgehead atoms. The summed E-state index contributed by atoms with van der Waals surface area (Å²) in [5.41, 5.74) is 3.74. The Kier molecular flexibility index (Phi) is 2.05. The van der Waals surface area contributed by atoms with E-state index in [1.807, 2.05) is 4.90 Å². The minimum Gasteiger partial charge on any atom is -0.314 e. The van der Waals surface area contributed by atoms with Gasteiger partial charge in [-0.15, -0.1) is 0 Å². The molecule has 68 valence electrons. The van der Waals surface area contributed by atoms with E-state index in [0.717, 1.165) is 31.5 Å². The second-order valence-corrected chi connectivity index (χ2v) is 3.33. The minimum absolute atomic E-state index is 0.843. The van der Waals surface area contributed by atoms with Crippen LogP contribution in [-0.4, -0.2) is 13.0 Å². The van der Waals surface area contributed by atoms with Crippen LogP contribution >= 0.6 is 0 Å². The fourth-order valence-electron chi connectivity index (χ4n) is 1.96. The van der Waals surface area contributed by atoms with Gasteiger partial charge in [-0.3, -0.25) is 4.79 Å². The van der Waals surface area contributed by atoms with Crippen molar-refractivity contribution in [3.8, 4) is 0 Å². The van der Waals surface area contributed by atoms with Gasteiger partial charge in [-0.2, -0.15) is 0 Å². The van der Waals surface area contributed by atoms with Crippen LogP contribution in [0.3, 0.4) is 0 Å². The number of amides is 1. The summed E-state index contributed by atoms with van der Waals surface area (Å²) < 4.78 is 0. The molecule has 0 saturated carbocycles. The molecule has 0 unspecified atom stereocenters. The molecule has 2 nitrogen and oxygen atoms in total. The van der Waals surface area contributed by atoms with Gasteiger partial charge in [0.1, 0.15) is 0 Å². The van der Waals surface area contributed by atoms with E-state index in [1.165, 1.54) is 11.1 Å². The SMILES string of the molecule is CCc1cccc2c1N(C=O)CC2. The van der Waals surface area contributed by atoms with Crippen molar-refractivity contribution < 1.29 is 4.79 Å². The van der Waals surface area contributed by atoms with Gasteiger partial charge in [-0.25, -0.2) is 0 Å². The largest absolute Gasteiger partial charge is 0.314 e. The number of rotatable bonds is 2. The molecule has 0 N–H and O–H groups in total. The summed E-state index contributed by atoms with van der Waals surface area (Å²) in [5.74, 6) is 0. The third kappa shape index (κ3) is 1.22. The monoisotopic (exact) mass is 175 g/mol. The minimum atomic E-state index is 0.843. The van der Waals surface area contributed by atoms with Crippen LogP contribution in [0, 0.1) is 0 Å². The van der Waals surface area contributed by atoms with Crippen molar-refractivity contribution in [3.05, 3.63) is 29.3 Å². The molecular weight excluding hydrogens is 162 g/mol. The predicted molar refractivity (Wildman–Crippen MR) is 52.9 cm³/mol. The Labute approximate surface area is 78.2 Å². The molecular formula is C11H13NO. The standard InChI is InChI=1S/C11H13NO/c1-2-9-4-3-5-10-6-7-12(8-13)11(9)10/h3-5,8H,2,6-7H2,1H3. The topological polar surface area (TPSA) is 20.3 Å². The van der Waals surface area contributed by atoms with E-state index in [4.69, 9.17) is 0 Å². The van der Waals surface area contributed by atoms with Gasteiger partial charge in [0, 0.05) is 12.2 Å². The van der Waals surface area contributed by atoms with Gasteiger partial charge in [0.25, 0.3) is 0 Å². The highest BCUT2D eigenvalue weighted by atomic mass is 16.1. The number of hydrogen-bond donors (Lipinski definition) is 0. The summed E-state index contributed by atoms with van der Waals surface area (Å²) in [6.45, 7) is 2.97. The molecule has 1 heterocycles. The van der Waals surface area contributed by atoms with E-state index >= 15 is 0 Å². The zero-order chi connectivity index (χ0) is 9.26. The molecule has 2 heteroatoms. The zero-order valence-corrected chi connectivity index (χ0v) is 7.79. The molecule has 0 atom stereocenters. The molecule has 13 heavy (non-hydrogen) atoms. The summed E-state index contributed by atoms with van der Waals surface area (Å²) in [4.78, 5) is 12.6. The molecule has 0 radical (unpaired) electrons. The molecule has 0 spiro atoms. The van der Waals surface area contributed by atoms with E-state index in [-0.39, 0.29) is 0 Å². The van der Waals surface area contributed by atoms with Crippen LogP contribution in [0.15, 0.2) is 18.2 Å². The number of para-hydroxylation sites is 1. The van der Waals surface area contributed by atoms with Crippen LogP contribution in [0.2, 0.25) is 0 Å². The first-order valence-electron chi connectivity index (χ1n) is 4.69. The molecule has 2 rings (SSSR count). The van der Waals surface area contributed by atoms with Crippen molar-refractivity contribution in [2.45, 2.75) is 19.8 Å². The fourth-order valence-corrected chi connectivity index (χ4v) is 1.96. The van der Waals surface area contributed by atoms with Crippen molar-refractivity contribution in [1.29, 1.82) is 0 Å². The van der Waals surface area contributed by atoms with Gasteiger partial charge in [0.2, 0.25) is 6.41 Å². The van der Waals surface area contributed by atoms with Crippen LogP contribution in [0.25, 0.3) is 0 Å². The Morgan fingerprint density at radius 1 is 1.54 bits per heavy atom. The predicted octanol–water partition coefficient (Wildman–Crippen LogP) is 1.77. The molecule has 1 aliphatic heterocycles. The Morgan fingerprint density at radius 3 is 3.08 bits per heavy atom. The van der Waals surface area contributed by atoms with Gasteiger partial charge in [0.15, 0.2) is 0 Å². The van der Waals surface area contributed by atoms with E-state index in [9.17, 15) is 4.79 Å². The lowest BCUT2D eigenvalue weighted by molar-refractivity contribution is -0.107. The Morgan fingerprint density at radius 2 is 2.38 bits per heavy atom. The summed E-state index contributed by atoms with van der Waals surface area (Å²) in [5, 5.41) is 0. The lowest BCUT2D eigenvalue weighted by Gasteiger charge is -2.13. The zero-order valence-electron chi connectivity index (χ0n) is 7.79. The first-order chi connectivity index (χ1) is 6.36. The summed E-state index contributed by atoms with van der Waals surface area (Å²) >= 11 is 0. The van der Waals surface area contributed by atoms with Crippen molar-refractivity contribution in [1.82, 2.24) is 0 Å². The third-order valence-electron chi connectivity index (χ3n) is 2.62. The average Bonchev–Trinajstić information content (AvgIpc) is 2.60. The van der Waals surface area contributed by atoms with Gasteiger partial charge in [0.05, 0.1) is 0 Å². The van der Waals surface area contributed by atoms with Crippen LogP contribution < -0.4 is 4.90 Å². The average molecular weight is 175 g/mol. The van der Waals surface area contributed by atoms with Crippen LogP contribution in [-0.2, 0) is 17.6 Å². The Bertz CT molecular complexity index is 333. The normalized spacial score (nSPS) is 14.4. The number of carbonyl (C=O) groups is 1. The highest BCUT2D eigenvalue weighted by Crippen LogP contribution is 2.30. The van der Waals surface area contributed by atoms with Crippen LogP contribution in [0.4, 0.5) is 5.69 Å².